The van der Waals surface area contributed by atoms with Crippen LogP contribution in [0.1, 0.15) is 32.8 Å². The molecule has 2 nitrogen and oxygen atoms in total. The highest BCUT2D eigenvalue weighted by Gasteiger charge is 2.31. The van der Waals surface area contributed by atoms with Gasteiger partial charge in [0.2, 0.25) is 0 Å². The van der Waals surface area contributed by atoms with Gasteiger partial charge in [0.15, 0.2) is 0 Å². The minimum Gasteiger partial charge on any atom is -0.249 e. The summed E-state index contributed by atoms with van der Waals surface area (Å²) in [5.41, 5.74) is 4.23. The Morgan fingerprint density at radius 3 is 1.44 bits per heavy atom. The van der Waals surface area contributed by atoms with Crippen LogP contribution in [0, 0.1) is 0 Å². The highest BCUT2D eigenvalue weighted by molar-refractivity contribution is 8.76. The third kappa shape index (κ3) is 4.61. The van der Waals surface area contributed by atoms with Crippen molar-refractivity contribution in [2.24, 2.45) is 0 Å². The number of rotatable bonds is 3. The average Bonchev–Trinajstić information content (AvgIpc) is 3.08. The van der Waals surface area contributed by atoms with Crippen molar-refractivity contribution in [2.75, 3.05) is 0 Å². The zero-order valence-electron chi connectivity index (χ0n) is 18.9. The molecule has 8 heteroatoms. The highest BCUT2D eigenvalue weighted by Crippen LogP contribution is 2.53. The smallest absolute Gasteiger partial charge is 0.0855 e. The van der Waals surface area contributed by atoms with Crippen LogP contribution in [0.15, 0.2) is 105 Å². The third-order valence-electron chi connectivity index (χ3n) is 6.47. The first-order chi connectivity index (χ1) is 17.5. The topological polar surface area (TPSA) is 34.1 Å². The SMILES string of the molecule is O=[S@@]1c2ccc(Cl)cc2C[C@@H](SS[C@@H]2Cc3cc(Cl)ccc3[S@](=O)c3ccccc32)c2ccccc21. The van der Waals surface area contributed by atoms with Crippen LogP contribution >= 0.6 is 44.8 Å². The summed E-state index contributed by atoms with van der Waals surface area (Å²) >= 11 is 12.7. The number of fused-ring (bicyclic) bond motifs is 4. The zero-order chi connectivity index (χ0) is 24.8. The molecule has 0 saturated heterocycles. The Labute approximate surface area is 233 Å². The molecule has 2 aliphatic heterocycles. The van der Waals surface area contributed by atoms with Crippen LogP contribution in [-0.4, -0.2) is 8.42 Å². The van der Waals surface area contributed by atoms with Crippen molar-refractivity contribution in [2.45, 2.75) is 42.9 Å². The van der Waals surface area contributed by atoms with E-state index in [1.54, 1.807) is 21.6 Å². The highest BCUT2D eigenvalue weighted by atomic mass is 35.5. The minimum atomic E-state index is -1.26. The molecule has 2 aliphatic rings. The molecule has 36 heavy (non-hydrogen) atoms. The Morgan fingerprint density at radius 1 is 0.583 bits per heavy atom. The summed E-state index contributed by atoms with van der Waals surface area (Å²) in [5, 5.41) is 1.49. The molecule has 0 spiro atoms. The quantitative estimate of drug-likeness (QED) is 0.225. The maximum atomic E-state index is 13.5. The lowest BCUT2D eigenvalue weighted by Gasteiger charge is -2.21. The van der Waals surface area contributed by atoms with Crippen LogP contribution in [0.5, 0.6) is 0 Å². The van der Waals surface area contributed by atoms with Crippen molar-refractivity contribution in [1.29, 1.82) is 0 Å². The molecular weight excluding hydrogens is 567 g/mol. The summed E-state index contributed by atoms with van der Waals surface area (Å²) in [5.74, 6) is 0. The van der Waals surface area contributed by atoms with Gasteiger partial charge < -0.3 is 0 Å². The van der Waals surface area contributed by atoms with Crippen molar-refractivity contribution < 1.29 is 8.42 Å². The van der Waals surface area contributed by atoms with Crippen molar-refractivity contribution in [1.82, 2.24) is 0 Å². The van der Waals surface area contributed by atoms with Gasteiger partial charge in [-0.25, -0.2) is 8.42 Å². The van der Waals surface area contributed by atoms with Crippen molar-refractivity contribution in [3.8, 4) is 0 Å². The second kappa shape index (κ2) is 10.3. The fraction of sp³-hybridized carbons (Fsp3) is 0.143. The average molecular weight is 588 g/mol. The van der Waals surface area contributed by atoms with Crippen LogP contribution in [0.4, 0.5) is 0 Å². The standard InChI is InChI=1S/C28H20Cl2O2S4/c29-19-9-11-25-17(13-19)15-23(21-5-1-3-7-27(21)35(25)31)33-34-24-16-18-14-20(30)10-12-26(18)36(32)28-8-4-2-6-22(24)28/h1-14,23-24H,15-16H2/t23-,24-,35-,36+/m1/s1. The summed E-state index contributed by atoms with van der Waals surface area (Å²) < 4.78 is 27.0. The van der Waals surface area contributed by atoms with E-state index in [9.17, 15) is 8.42 Å². The van der Waals surface area contributed by atoms with Gasteiger partial charge >= 0.3 is 0 Å². The molecule has 0 amide bonds. The second-order valence-corrected chi connectivity index (χ2v) is 15.1. The number of halogens is 2. The third-order valence-corrected chi connectivity index (χ3v) is 13.2. The molecule has 0 unspecified atom stereocenters. The molecule has 6 rings (SSSR count). The summed E-state index contributed by atoms with van der Waals surface area (Å²) in [6.45, 7) is 0. The Bertz CT molecular complexity index is 1420. The Balaban J connectivity index is 1.38. The second-order valence-electron chi connectivity index (χ2n) is 8.70. The number of benzene rings is 4. The summed E-state index contributed by atoms with van der Waals surface area (Å²) in [7, 11) is 1.07. The normalized spacial score (nSPS) is 22.4. The van der Waals surface area contributed by atoms with Crippen molar-refractivity contribution in [3.63, 3.8) is 0 Å². The first-order valence-electron chi connectivity index (χ1n) is 11.4. The van der Waals surface area contributed by atoms with Crippen molar-refractivity contribution >= 4 is 66.4 Å². The number of hydrogen-bond donors (Lipinski definition) is 0. The van der Waals surface area contributed by atoms with Crippen LogP contribution in [0.25, 0.3) is 0 Å². The van der Waals surface area contributed by atoms with E-state index in [2.05, 4.69) is 12.1 Å². The minimum absolute atomic E-state index is 0.0922. The molecule has 0 bridgehead atoms. The van der Waals surface area contributed by atoms with E-state index in [0.29, 0.717) is 10.0 Å². The van der Waals surface area contributed by atoms with Gasteiger partial charge in [0.1, 0.15) is 0 Å². The van der Waals surface area contributed by atoms with Gasteiger partial charge in [-0.05, 0) is 83.6 Å². The predicted octanol–water partition coefficient (Wildman–Crippen LogP) is 8.60. The molecule has 4 aromatic rings. The van der Waals surface area contributed by atoms with E-state index in [1.165, 1.54) is 0 Å². The molecule has 182 valence electrons. The van der Waals surface area contributed by atoms with Gasteiger partial charge in [0.05, 0.1) is 21.6 Å². The lowest BCUT2D eigenvalue weighted by molar-refractivity contribution is 0.682. The fourth-order valence-corrected chi connectivity index (χ4v) is 11.4. The van der Waals surface area contributed by atoms with Crippen LogP contribution in [0.2, 0.25) is 10.0 Å². The lowest BCUT2D eigenvalue weighted by atomic mass is 10.0. The van der Waals surface area contributed by atoms with Gasteiger partial charge in [-0.2, -0.15) is 0 Å². The molecule has 4 aromatic carbocycles. The zero-order valence-corrected chi connectivity index (χ0v) is 23.6. The van der Waals surface area contributed by atoms with Gasteiger partial charge in [-0.1, -0.05) is 81.2 Å². The first kappa shape index (κ1) is 24.8. The van der Waals surface area contributed by atoms with Crippen molar-refractivity contribution in [3.05, 3.63) is 117 Å². The Morgan fingerprint density at radius 2 is 1.00 bits per heavy atom. The Kier molecular flexibility index (Phi) is 7.10. The van der Waals surface area contributed by atoms with E-state index < -0.39 is 21.6 Å². The number of hydrogen-bond acceptors (Lipinski definition) is 4. The molecular formula is C28H20Cl2O2S4. The van der Waals surface area contributed by atoms with E-state index in [4.69, 9.17) is 23.2 Å². The monoisotopic (exact) mass is 586 g/mol. The maximum absolute atomic E-state index is 13.5. The molecule has 0 N–H and O–H groups in total. The van der Waals surface area contributed by atoms with Gasteiger partial charge in [-0.3, -0.25) is 0 Å². The first-order valence-corrected chi connectivity index (χ1v) is 16.7. The van der Waals surface area contributed by atoms with E-state index in [-0.39, 0.29) is 10.5 Å². The van der Waals surface area contributed by atoms with Gasteiger partial charge in [-0.15, -0.1) is 0 Å². The molecule has 0 fully saturated rings. The largest absolute Gasteiger partial charge is 0.249 e. The maximum Gasteiger partial charge on any atom is 0.0855 e. The fourth-order valence-electron chi connectivity index (χ4n) is 4.77. The lowest BCUT2D eigenvalue weighted by Crippen LogP contribution is -2.02. The van der Waals surface area contributed by atoms with Crippen LogP contribution in [0.3, 0.4) is 0 Å². The molecule has 0 radical (unpaired) electrons. The van der Waals surface area contributed by atoms with E-state index in [1.807, 2.05) is 72.8 Å². The summed E-state index contributed by atoms with van der Waals surface area (Å²) in [4.78, 5) is 3.38. The predicted molar refractivity (Wildman–Crippen MR) is 153 cm³/mol. The molecule has 0 aliphatic carbocycles. The molecule has 0 aromatic heterocycles. The van der Waals surface area contributed by atoms with E-state index in [0.717, 1.165) is 54.7 Å². The summed E-state index contributed by atoms with van der Waals surface area (Å²) in [6, 6.07) is 27.3. The van der Waals surface area contributed by atoms with Gasteiger partial charge in [0.25, 0.3) is 0 Å². The Hall–Kier alpha value is -1.54. The summed E-state index contributed by atoms with van der Waals surface area (Å²) in [6.07, 6.45) is 1.47. The van der Waals surface area contributed by atoms with Crippen LogP contribution in [-0.2, 0) is 34.4 Å². The molecule has 4 atom stereocenters. The molecule has 2 heterocycles. The van der Waals surface area contributed by atoms with Gasteiger partial charge in [0, 0.05) is 40.1 Å². The van der Waals surface area contributed by atoms with E-state index >= 15 is 0 Å². The van der Waals surface area contributed by atoms with Crippen LogP contribution < -0.4 is 0 Å². The molecule has 0 saturated carbocycles.